The van der Waals surface area contributed by atoms with Gasteiger partial charge >= 0.3 is 12.0 Å². The van der Waals surface area contributed by atoms with Crippen LogP contribution >= 0.6 is 0 Å². The second kappa shape index (κ2) is 6.75. The summed E-state index contributed by atoms with van der Waals surface area (Å²) in [6, 6.07) is -1.47. The topological polar surface area (TPSA) is 108 Å². The van der Waals surface area contributed by atoms with E-state index in [1.54, 1.807) is 6.92 Å². The summed E-state index contributed by atoms with van der Waals surface area (Å²) in [5, 5.41) is 14.6. The van der Waals surface area contributed by atoms with E-state index < -0.39 is 30.0 Å². The van der Waals surface area contributed by atoms with Crippen LogP contribution in [0.25, 0.3) is 0 Å². The highest BCUT2D eigenvalue weighted by Crippen LogP contribution is 2.20. The maximum atomic E-state index is 12.3. The van der Waals surface area contributed by atoms with Gasteiger partial charge in [-0.2, -0.15) is 0 Å². The molecule has 118 valence electrons. The van der Waals surface area contributed by atoms with Crippen molar-refractivity contribution in [1.82, 2.24) is 15.5 Å². The Morgan fingerprint density at radius 3 is 2.86 bits per heavy atom. The number of nitrogens with zero attached hydrogens (tertiary/aromatic N) is 1. The number of hydrogen-bond acceptors (Lipinski definition) is 4. The van der Waals surface area contributed by atoms with Crippen molar-refractivity contribution in [3.63, 3.8) is 0 Å². The Kier molecular flexibility index (Phi) is 5.00. The van der Waals surface area contributed by atoms with Crippen molar-refractivity contribution in [2.75, 3.05) is 26.3 Å². The van der Waals surface area contributed by atoms with E-state index in [-0.39, 0.29) is 19.1 Å². The fourth-order valence-corrected chi connectivity index (χ4v) is 2.76. The van der Waals surface area contributed by atoms with Gasteiger partial charge in [0.05, 0.1) is 19.3 Å². The molecule has 2 aliphatic heterocycles. The van der Waals surface area contributed by atoms with Crippen molar-refractivity contribution in [2.24, 2.45) is 5.92 Å². The molecule has 2 fully saturated rings. The van der Waals surface area contributed by atoms with Gasteiger partial charge in [0, 0.05) is 13.1 Å². The van der Waals surface area contributed by atoms with E-state index in [0.29, 0.717) is 19.5 Å². The molecule has 0 aliphatic carbocycles. The Morgan fingerprint density at radius 1 is 1.48 bits per heavy atom. The van der Waals surface area contributed by atoms with Crippen LogP contribution in [0.15, 0.2) is 0 Å². The zero-order valence-corrected chi connectivity index (χ0v) is 12.0. The number of likely N-dealkylation sites (N-methyl/N-ethyl adjacent to an activating group) is 1. The van der Waals surface area contributed by atoms with Crippen LogP contribution in [0.4, 0.5) is 4.79 Å². The van der Waals surface area contributed by atoms with Crippen molar-refractivity contribution < 1.29 is 24.2 Å². The lowest BCUT2D eigenvalue weighted by Gasteiger charge is -2.32. The van der Waals surface area contributed by atoms with Crippen molar-refractivity contribution >= 4 is 17.9 Å². The van der Waals surface area contributed by atoms with E-state index in [4.69, 9.17) is 4.74 Å². The Bertz CT molecular complexity index is 428. The van der Waals surface area contributed by atoms with Gasteiger partial charge in [-0.3, -0.25) is 9.59 Å². The minimum Gasteiger partial charge on any atom is -0.481 e. The second-order valence-corrected chi connectivity index (χ2v) is 5.27. The second-order valence-electron chi connectivity index (χ2n) is 5.27. The lowest BCUT2D eigenvalue weighted by molar-refractivity contribution is -0.142. The van der Waals surface area contributed by atoms with Gasteiger partial charge in [-0.05, 0) is 19.8 Å². The number of carbonyl (C=O) groups is 3. The number of hydrogen-bond donors (Lipinski definition) is 3. The summed E-state index contributed by atoms with van der Waals surface area (Å²) >= 11 is 0. The molecule has 8 nitrogen and oxygen atoms in total. The summed E-state index contributed by atoms with van der Waals surface area (Å²) < 4.78 is 5.19. The van der Waals surface area contributed by atoms with Gasteiger partial charge in [0.15, 0.2) is 0 Å². The molecule has 3 amide bonds. The molecular weight excluding hydrogens is 278 g/mol. The van der Waals surface area contributed by atoms with Gasteiger partial charge in [-0.25, -0.2) is 4.79 Å². The number of rotatable bonds is 4. The number of urea groups is 1. The molecule has 0 aromatic heterocycles. The van der Waals surface area contributed by atoms with Gasteiger partial charge in [-0.1, -0.05) is 0 Å². The lowest BCUT2D eigenvalue weighted by atomic mass is 10.0. The first kappa shape index (κ1) is 15.6. The fourth-order valence-electron chi connectivity index (χ4n) is 2.76. The molecule has 3 atom stereocenters. The first-order chi connectivity index (χ1) is 10.0. The zero-order valence-electron chi connectivity index (χ0n) is 12.0. The van der Waals surface area contributed by atoms with Gasteiger partial charge in [-0.15, -0.1) is 0 Å². The SMILES string of the molecule is CCN(C(=O)NC1CCCNC1=O)C1COCC1C(=O)O. The average Bonchev–Trinajstić information content (AvgIpc) is 2.91. The average molecular weight is 299 g/mol. The largest absolute Gasteiger partial charge is 0.481 e. The number of carbonyl (C=O) groups excluding carboxylic acids is 2. The van der Waals surface area contributed by atoms with Crippen LogP contribution < -0.4 is 10.6 Å². The molecular formula is C13H21N3O5. The molecule has 0 aromatic rings. The summed E-state index contributed by atoms with van der Waals surface area (Å²) in [7, 11) is 0. The molecule has 2 aliphatic rings. The van der Waals surface area contributed by atoms with Crippen molar-refractivity contribution in [1.29, 1.82) is 0 Å². The van der Waals surface area contributed by atoms with Gasteiger partial charge in [0.1, 0.15) is 12.0 Å². The maximum Gasteiger partial charge on any atom is 0.318 e. The predicted molar refractivity (Wildman–Crippen MR) is 72.7 cm³/mol. The Balaban J connectivity index is 2.01. The number of piperidine rings is 1. The molecule has 3 N–H and O–H groups in total. The third kappa shape index (κ3) is 3.44. The number of carboxylic acid groups (broad SMARTS) is 1. The molecule has 2 rings (SSSR count). The molecule has 8 heteroatoms. The van der Waals surface area contributed by atoms with Crippen LogP contribution in [0, 0.1) is 5.92 Å². The quantitative estimate of drug-likeness (QED) is 0.642. The minimum atomic E-state index is -0.973. The Morgan fingerprint density at radius 2 is 2.24 bits per heavy atom. The summed E-state index contributed by atoms with van der Waals surface area (Å²) in [5.74, 6) is -1.89. The van der Waals surface area contributed by atoms with Crippen LogP contribution in [-0.2, 0) is 14.3 Å². The van der Waals surface area contributed by atoms with Crippen LogP contribution in [0.2, 0.25) is 0 Å². The van der Waals surface area contributed by atoms with Crippen molar-refractivity contribution in [2.45, 2.75) is 31.8 Å². The van der Waals surface area contributed by atoms with Crippen molar-refractivity contribution in [3.05, 3.63) is 0 Å². The number of ether oxygens (including phenoxy) is 1. The van der Waals surface area contributed by atoms with E-state index in [9.17, 15) is 19.5 Å². The number of aliphatic carboxylic acids is 1. The number of amides is 3. The van der Waals surface area contributed by atoms with Crippen LogP contribution in [-0.4, -0.2) is 66.3 Å². The third-order valence-electron chi connectivity index (χ3n) is 3.95. The predicted octanol–water partition coefficient (Wildman–Crippen LogP) is -0.604. The normalized spacial score (nSPS) is 28.8. The van der Waals surface area contributed by atoms with Gasteiger partial charge < -0.3 is 25.4 Å². The molecule has 0 spiro atoms. The Labute approximate surface area is 122 Å². The maximum absolute atomic E-state index is 12.3. The van der Waals surface area contributed by atoms with E-state index in [1.807, 2.05) is 0 Å². The van der Waals surface area contributed by atoms with Crippen LogP contribution in [0.3, 0.4) is 0 Å². The highest BCUT2D eigenvalue weighted by molar-refractivity contribution is 5.87. The highest BCUT2D eigenvalue weighted by atomic mass is 16.5. The van der Waals surface area contributed by atoms with Gasteiger partial charge in [0.2, 0.25) is 5.91 Å². The molecule has 2 heterocycles. The molecule has 0 aromatic carbocycles. The van der Waals surface area contributed by atoms with Crippen LogP contribution in [0.1, 0.15) is 19.8 Å². The van der Waals surface area contributed by atoms with Gasteiger partial charge in [0.25, 0.3) is 0 Å². The highest BCUT2D eigenvalue weighted by Gasteiger charge is 2.40. The molecule has 21 heavy (non-hydrogen) atoms. The number of nitrogens with one attached hydrogen (secondary N) is 2. The molecule has 3 unspecified atom stereocenters. The number of carboxylic acids is 1. The first-order valence-corrected chi connectivity index (χ1v) is 7.20. The lowest BCUT2D eigenvalue weighted by Crippen LogP contribution is -2.56. The zero-order chi connectivity index (χ0) is 15.4. The van der Waals surface area contributed by atoms with Crippen molar-refractivity contribution in [3.8, 4) is 0 Å². The van der Waals surface area contributed by atoms with E-state index in [1.165, 1.54) is 4.90 Å². The summed E-state index contributed by atoms with van der Waals surface area (Å²) in [4.78, 5) is 36.6. The summed E-state index contributed by atoms with van der Waals surface area (Å²) in [5.41, 5.74) is 0. The molecule has 0 radical (unpaired) electrons. The van der Waals surface area contributed by atoms with E-state index in [2.05, 4.69) is 10.6 Å². The minimum absolute atomic E-state index is 0.105. The molecule has 2 saturated heterocycles. The standard InChI is InChI=1S/C13H21N3O5/c1-2-16(10-7-21-6-8(10)12(18)19)13(20)15-9-4-3-5-14-11(9)17/h8-10H,2-7H2,1H3,(H,14,17)(H,15,20)(H,18,19). The summed E-state index contributed by atoms with van der Waals surface area (Å²) in [6.07, 6.45) is 1.41. The monoisotopic (exact) mass is 299 g/mol. The Hall–Kier alpha value is -1.83. The van der Waals surface area contributed by atoms with E-state index in [0.717, 1.165) is 6.42 Å². The summed E-state index contributed by atoms with van der Waals surface area (Å²) in [6.45, 7) is 3.07. The fraction of sp³-hybridized carbons (Fsp3) is 0.769. The molecule has 0 saturated carbocycles. The smallest absolute Gasteiger partial charge is 0.318 e. The van der Waals surface area contributed by atoms with Crippen LogP contribution in [0.5, 0.6) is 0 Å². The third-order valence-corrected chi connectivity index (χ3v) is 3.95. The molecule has 0 bridgehead atoms. The first-order valence-electron chi connectivity index (χ1n) is 7.20. The van der Waals surface area contributed by atoms with E-state index >= 15 is 0 Å².